The van der Waals surface area contributed by atoms with Gasteiger partial charge in [0.2, 0.25) is 6.54 Å². The maximum absolute atomic E-state index is 9.85. The highest BCUT2D eigenvalue weighted by molar-refractivity contribution is 7.80. The van der Waals surface area contributed by atoms with E-state index < -0.39 is 4.92 Å². The molecule has 0 amide bonds. The molecular weight excluding hydrogens is 166 g/mol. The van der Waals surface area contributed by atoms with Gasteiger partial charge in [-0.1, -0.05) is 12.7 Å². The van der Waals surface area contributed by atoms with Gasteiger partial charge in [-0.05, 0) is 12.2 Å². The summed E-state index contributed by atoms with van der Waals surface area (Å²) in [6.45, 7) is 3.55. The zero-order valence-corrected chi connectivity index (χ0v) is 6.80. The second-order valence-electron chi connectivity index (χ2n) is 1.78. The second-order valence-corrected chi connectivity index (χ2v) is 2.23. The lowest BCUT2D eigenvalue weighted by Crippen LogP contribution is -2.09. The molecule has 0 aliphatic carbocycles. The largest absolute Gasteiger partial charge is 0.483 e. The number of nitrogens with zero attached hydrogens (tertiary/aromatic N) is 1. The van der Waals surface area contributed by atoms with Gasteiger partial charge < -0.3 is 4.74 Å². The molecule has 5 heteroatoms. The Bertz CT molecular complexity index is 169. The topological polar surface area (TPSA) is 52.4 Å². The van der Waals surface area contributed by atoms with Crippen molar-refractivity contribution >= 4 is 17.3 Å². The van der Waals surface area contributed by atoms with Crippen molar-refractivity contribution in [3.8, 4) is 0 Å². The van der Waals surface area contributed by atoms with Gasteiger partial charge in [-0.25, -0.2) is 0 Å². The Morgan fingerprint density at radius 1 is 1.82 bits per heavy atom. The molecule has 0 N–H and O–H groups in total. The number of ether oxygens (including phenoxy) is 1. The SMILES string of the molecule is C=CCOC(=S)CC[N+](=O)[O-]. The van der Waals surface area contributed by atoms with E-state index in [-0.39, 0.29) is 18.0 Å². The number of hydrogen-bond donors (Lipinski definition) is 0. The predicted octanol–water partition coefficient (Wildman–Crippen LogP) is 1.18. The summed E-state index contributed by atoms with van der Waals surface area (Å²) >= 11 is 4.66. The highest BCUT2D eigenvalue weighted by atomic mass is 32.1. The van der Waals surface area contributed by atoms with Crippen LogP contribution in [-0.2, 0) is 4.74 Å². The molecule has 0 aromatic rings. The highest BCUT2D eigenvalue weighted by Crippen LogP contribution is 1.90. The summed E-state index contributed by atoms with van der Waals surface area (Å²) in [7, 11) is 0. The maximum atomic E-state index is 9.85. The lowest BCUT2D eigenvalue weighted by molar-refractivity contribution is -0.478. The van der Waals surface area contributed by atoms with Crippen LogP contribution in [0.1, 0.15) is 6.42 Å². The van der Waals surface area contributed by atoms with Gasteiger partial charge >= 0.3 is 0 Å². The smallest absolute Gasteiger partial charge is 0.211 e. The minimum atomic E-state index is -0.427. The molecule has 0 fully saturated rings. The van der Waals surface area contributed by atoms with Gasteiger partial charge in [-0.2, -0.15) is 0 Å². The minimum absolute atomic E-state index is 0.171. The quantitative estimate of drug-likeness (QED) is 0.272. The first-order valence-electron chi connectivity index (χ1n) is 3.05. The summed E-state index contributed by atoms with van der Waals surface area (Å²) < 4.78 is 4.85. The van der Waals surface area contributed by atoms with E-state index in [9.17, 15) is 10.1 Å². The van der Waals surface area contributed by atoms with E-state index in [1.165, 1.54) is 0 Å². The van der Waals surface area contributed by atoms with Gasteiger partial charge in [-0.15, -0.1) is 0 Å². The van der Waals surface area contributed by atoms with Crippen LogP contribution in [0.25, 0.3) is 0 Å². The Morgan fingerprint density at radius 2 is 2.45 bits per heavy atom. The zero-order valence-electron chi connectivity index (χ0n) is 5.99. The van der Waals surface area contributed by atoms with E-state index in [0.717, 1.165) is 0 Å². The first kappa shape index (κ1) is 10.0. The van der Waals surface area contributed by atoms with Crippen molar-refractivity contribution in [1.82, 2.24) is 0 Å². The Kier molecular flexibility index (Phi) is 5.28. The molecule has 0 aromatic carbocycles. The molecule has 0 bridgehead atoms. The Hall–Kier alpha value is -0.970. The Morgan fingerprint density at radius 3 is 2.91 bits per heavy atom. The summed E-state index contributed by atoms with van der Waals surface area (Å²) in [5, 5.41) is 10.1. The molecule has 11 heavy (non-hydrogen) atoms. The van der Waals surface area contributed by atoms with E-state index >= 15 is 0 Å². The zero-order chi connectivity index (χ0) is 8.69. The molecule has 4 nitrogen and oxygen atoms in total. The fraction of sp³-hybridized carbons (Fsp3) is 0.500. The van der Waals surface area contributed by atoms with Crippen LogP contribution in [0.3, 0.4) is 0 Å². The first-order valence-corrected chi connectivity index (χ1v) is 3.46. The molecule has 0 aromatic heterocycles. The van der Waals surface area contributed by atoms with Crippen molar-refractivity contribution in [2.45, 2.75) is 6.42 Å². The third kappa shape index (κ3) is 6.92. The van der Waals surface area contributed by atoms with Gasteiger partial charge in [-0.3, -0.25) is 10.1 Å². The van der Waals surface area contributed by atoms with Crippen LogP contribution in [0, 0.1) is 10.1 Å². The molecule has 62 valence electrons. The van der Waals surface area contributed by atoms with Crippen molar-refractivity contribution in [3.63, 3.8) is 0 Å². The van der Waals surface area contributed by atoms with Crippen LogP contribution >= 0.6 is 12.2 Å². The number of hydrogen-bond acceptors (Lipinski definition) is 4. The molecule has 0 rings (SSSR count). The second kappa shape index (κ2) is 5.79. The molecule has 0 unspecified atom stereocenters. The minimum Gasteiger partial charge on any atom is -0.483 e. The lowest BCUT2D eigenvalue weighted by Gasteiger charge is -2.00. The molecule has 0 atom stereocenters. The third-order valence-corrected chi connectivity index (χ3v) is 1.18. The molecule has 0 saturated heterocycles. The fourth-order valence-electron chi connectivity index (χ4n) is 0.407. The van der Waals surface area contributed by atoms with E-state index in [4.69, 9.17) is 4.74 Å². The van der Waals surface area contributed by atoms with E-state index in [1.807, 2.05) is 0 Å². The molecular formula is C6H9NO3S. The van der Waals surface area contributed by atoms with Crippen LogP contribution in [0.2, 0.25) is 0 Å². The fourth-order valence-corrected chi connectivity index (χ4v) is 0.566. The van der Waals surface area contributed by atoms with Gasteiger partial charge in [0.05, 0.1) is 6.42 Å². The van der Waals surface area contributed by atoms with Crippen molar-refractivity contribution in [1.29, 1.82) is 0 Å². The van der Waals surface area contributed by atoms with Crippen molar-refractivity contribution in [3.05, 3.63) is 22.8 Å². The molecule has 0 spiro atoms. The van der Waals surface area contributed by atoms with Gasteiger partial charge in [0.15, 0.2) is 5.05 Å². The molecule has 0 saturated carbocycles. The third-order valence-electron chi connectivity index (χ3n) is 0.861. The van der Waals surface area contributed by atoms with Crippen LogP contribution in [0.4, 0.5) is 0 Å². The van der Waals surface area contributed by atoms with E-state index in [1.54, 1.807) is 6.08 Å². The summed E-state index contributed by atoms with van der Waals surface area (Å²) in [5.74, 6) is 0. The average Bonchev–Trinajstić information content (AvgIpc) is 1.97. The molecule has 0 aliphatic rings. The van der Waals surface area contributed by atoms with Crippen LogP contribution in [0.5, 0.6) is 0 Å². The number of nitro groups is 1. The van der Waals surface area contributed by atoms with Crippen molar-refractivity contribution in [2.24, 2.45) is 0 Å². The molecule has 0 aliphatic heterocycles. The van der Waals surface area contributed by atoms with Gasteiger partial charge in [0.25, 0.3) is 0 Å². The lowest BCUT2D eigenvalue weighted by atomic mass is 10.4. The first-order chi connectivity index (χ1) is 5.16. The Balaban J connectivity index is 3.37. The van der Waals surface area contributed by atoms with Gasteiger partial charge in [0, 0.05) is 4.92 Å². The Labute approximate surface area is 70.0 Å². The normalized spacial score (nSPS) is 8.73. The molecule has 0 radical (unpaired) electrons. The van der Waals surface area contributed by atoms with Gasteiger partial charge in [0.1, 0.15) is 6.61 Å². The summed E-state index contributed by atoms with van der Waals surface area (Å²) in [4.78, 5) is 9.42. The summed E-state index contributed by atoms with van der Waals surface area (Å²) in [5.41, 5.74) is 0. The van der Waals surface area contributed by atoms with Crippen LogP contribution < -0.4 is 0 Å². The molecule has 0 heterocycles. The number of thiocarbonyl (C=S) groups is 1. The number of rotatable bonds is 5. The van der Waals surface area contributed by atoms with E-state index in [2.05, 4.69) is 18.8 Å². The summed E-state index contributed by atoms with van der Waals surface area (Å²) in [6.07, 6.45) is 1.73. The average molecular weight is 175 g/mol. The monoisotopic (exact) mass is 175 g/mol. The van der Waals surface area contributed by atoms with E-state index in [0.29, 0.717) is 6.61 Å². The van der Waals surface area contributed by atoms with Crippen molar-refractivity contribution in [2.75, 3.05) is 13.2 Å². The predicted molar refractivity (Wildman–Crippen MR) is 45.2 cm³/mol. The standard InChI is InChI=1S/C6H9NO3S/c1-2-5-10-6(11)3-4-7(8)9/h2H,1,3-5H2. The summed E-state index contributed by atoms with van der Waals surface area (Å²) in [6, 6.07) is 0. The van der Waals surface area contributed by atoms with Crippen LogP contribution in [-0.4, -0.2) is 23.1 Å². The highest BCUT2D eigenvalue weighted by Gasteiger charge is 2.01. The van der Waals surface area contributed by atoms with Crippen LogP contribution in [0.15, 0.2) is 12.7 Å². The maximum Gasteiger partial charge on any atom is 0.211 e. The van der Waals surface area contributed by atoms with Crippen molar-refractivity contribution < 1.29 is 9.66 Å².